The number of aromatic nitrogens is 4. The van der Waals surface area contributed by atoms with Crippen LogP contribution in [0.2, 0.25) is 0 Å². The minimum atomic E-state index is -0.663. The molecule has 0 amide bonds. The predicted octanol–water partition coefficient (Wildman–Crippen LogP) is 5.23. The van der Waals surface area contributed by atoms with Gasteiger partial charge in [-0.25, -0.2) is 14.6 Å². The molecule has 0 saturated carbocycles. The minimum absolute atomic E-state index is 0.663. The van der Waals surface area contributed by atoms with Crippen molar-refractivity contribution in [1.29, 1.82) is 0 Å². The topological polar surface area (TPSA) is 43.6 Å². The van der Waals surface area contributed by atoms with E-state index >= 15 is 0 Å². The third-order valence-corrected chi connectivity index (χ3v) is 5.65. The molecule has 5 rings (SSSR count). The van der Waals surface area contributed by atoms with Gasteiger partial charge in [-0.05, 0) is 23.1 Å². The second-order valence-corrected chi connectivity index (χ2v) is 7.28. The van der Waals surface area contributed by atoms with E-state index in [1.54, 1.807) is 6.33 Å². The Balaban J connectivity index is 1.98. The molecule has 0 bridgehead atoms. The maximum Gasteiger partial charge on any atom is 0.162 e. The van der Waals surface area contributed by atoms with Crippen LogP contribution >= 0.6 is 0 Å². The van der Waals surface area contributed by atoms with Crippen LogP contribution in [0.1, 0.15) is 29.3 Å². The van der Waals surface area contributed by atoms with Crippen molar-refractivity contribution in [2.24, 2.45) is 0 Å². The molecule has 4 nitrogen and oxygen atoms in total. The van der Waals surface area contributed by atoms with Crippen molar-refractivity contribution in [1.82, 2.24) is 19.7 Å². The van der Waals surface area contributed by atoms with Gasteiger partial charge in [-0.3, -0.25) is 0 Å². The average molecular weight is 390 g/mol. The first-order chi connectivity index (χ1) is 14.9. The van der Waals surface area contributed by atoms with Gasteiger partial charge in [0.05, 0.1) is 11.1 Å². The lowest BCUT2D eigenvalue weighted by Gasteiger charge is -2.36. The van der Waals surface area contributed by atoms with E-state index in [0.29, 0.717) is 0 Å². The Labute approximate surface area is 175 Å². The lowest BCUT2D eigenvalue weighted by Crippen LogP contribution is -2.38. The Morgan fingerprint density at radius 2 is 1.23 bits per heavy atom. The fourth-order valence-electron chi connectivity index (χ4n) is 4.32. The average Bonchev–Trinajstić information content (AvgIpc) is 3.21. The molecular weight excluding hydrogens is 368 g/mol. The summed E-state index contributed by atoms with van der Waals surface area (Å²) in [5, 5.41) is 6.12. The fourth-order valence-corrected chi connectivity index (χ4v) is 4.32. The quantitative estimate of drug-likeness (QED) is 0.386. The van der Waals surface area contributed by atoms with Crippen LogP contribution in [0, 0.1) is 0 Å². The first kappa shape index (κ1) is 18.3. The van der Waals surface area contributed by atoms with Crippen LogP contribution in [0.4, 0.5) is 0 Å². The van der Waals surface area contributed by atoms with Gasteiger partial charge in [-0.2, -0.15) is 5.10 Å². The van der Waals surface area contributed by atoms with E-state index < -0.39 is 5.54 Å². The molecule has 2 heterocycles. The second-order valence-electron chi connectivity index (χ2n) is 7.28. The molecule has 0 atom stereocenters. The molecule has 30 heavy (non-hydrogen) atoms. The highest BCUT2D eigenvalue weighted by atomic mass is 15.4. The minimum Gasteiger partial charge on any atom is -0.244 e. The van der Waals surface area contributed by atoms with Crippen LogP contribution in [-0.2, 0) is 12.0 Å². The SMILES string of the molecule is CCc1nn(C(c2ccccc2)(c2ccccc2)c2ccccc2)c2ncncc12. The van der Waals surface area contributed by atoms with Gasteiger partial charge in [0.15, 0.2) is 5.65 Å². The molecule has 4 heteroatoms. The summed E-state index contributed by atoms with van der Waals surface area (Å²) in [5.41, 5.74) is 4.56. The Bertz CT molecular complexity index is 1170. The largest absolute Gasteiger partial charge is 0.244 e. The van der Waals surface area contributed by atoms with Gasteiger partial charge in [-0.15, -0.1) is 0 Å². The van der Waals surface area contributed by atoms with Crippen LogP contribution < -0.4 is 0 Å². The molecule has 0 unspecified atom stereocenters. The Morgan fingerprint density at radius 3 is 1.70 bits per heavy atom. The fraction of sp³-hybridized carbons (Fsp3) is 0.115. The monoisotopic (exact) mass is 390 g/mol. The maximum atomic E-state index is 5.12. The number of rotatable bonds is 5. The molecule has 3 aromatic carbocycles. The van der Waals surface area contributed by atoms with Crippen molar-refractivity contribution in [3.63, 3.8) is 0 Å². The van der Waals surface area contributed by atoms with Gasteiger partial charge >= 0.3 is 0 Å². The van der Waals surface area contributed by atoms with Crippen LogP contribution in [-0.4, -0.2) is 19.7 Å². The molecule has 0 radical (unpaired) electrons. The molecule has 5 aromatic rings. The van der Waals surface area contributed by atoms with Crippen molar-refractivity contribution in [3.8, 4) is 0 Å². The summed E-state index contributed by atoms with van der Waals surface area (Å²) < 4.78 is 2.09. The molecular formula is C26H22N4. The second kappa shape index (κ2) is 7.56. The maximum absolute atomic E-state index is 5.12. The van der Waals surface area contributed by atoms with Gasteiger partial charge in [0.25, 0.3) is 0 Å². The third kappa shape index (κ3) is 2.72. The van der Waals surface area contributed by atoms with E-state index in [2.05, 4.69) is 94.4 Å². The summed E-state index contributed by atoms with van der Waals surface area (Å²) >= 11 is 0. The highest BCUT2D eigenvalue weighted by molar-refractivity contribution is 5.78. The van der Waals surface area contributed by atoms with Crippen molar-refractivity contribution in [3.05, 3.63) is 126 Å². The third-order valence-electron chi connectivity index (χ3n) is 5.65. The summed E-state index contributed by atoms with van der Waals surface area (Å²) in [6, 6.07) is 31.6. The van der Waals surface area contributed by atoms with Crippen LogP contribution in [0.3, 0.4) is 0 Å². The number of hydrogen-bond donors (Lipinski definition) is 0. The van der Waals surface area contributed by atoms with Gasteiger partial charge in [0.1, 0.15) is 11.9 Å². The standard InChI is InChI=1S/C26H22N4/c1-2-24-23-18-27-19-28-25(23)30(29-24)26(20-12-6-3-7-13-20,21-14-8-4-9-15-21)22-16-10-5-11-17-22/h3-19H,2H2,1H3. The number of aryl methyl sites for hydroxylation is 1. The van der Waals surface area contributed by atoms with Crippen molar-refractivity contribution >= 4 is 11.0 Å². The summed E-state index contributed by atoms with van der Waals surface area (Å²) in [6.45, 7) is 2.12. The van der Waals surface area contributed by atoms with Crippen LogP contribution in [0.5, 0.6) is 0 Å². The lowest BCUT2D eigenvalue weighted by atomic mass is 9.77. The van der Waals surface area contributed by atoms with Crippen LogP contribution in [0.15, 0.2) is 104 Å². The van der Waals surface area contributed by atoms with Gasteiger partial charge in [-0.1, -0.05) is 97.9 Å². The van der Waals surface area contributed by atoms with Crippen LogP contribution in [0.25, 0.3) is 11.0 Å². The highest BCUT2D eigenvalue weighted by Crippen LogP contribution is 2.42. The smallest absolute Gasteiger partial charge is 0.162 e. The zero-order chi connectivity index (χ0) is 20.4. The zero-order valence-electron chi connectivity index (χ0n) is 16.8. The van der Waals surface area contributed by atoms with E-state index in [-0.39, 0.29) is 0 Å². The molecule has 0 aliphatic carbocycles. The molecule has 0 spiro atoms. The number of benzene rings is 3. The summed E-state index contributed by atoms with van der Waals surface area (Å²) in [5.74, 6) is 0. The first-order valence-corrected chi connectivity index (χ1v) is 10.2. The molecule has 2 aromatic heterocycles. The molecule has 0 aliphatic heterocycles. The Kier molecular flexibility index (Phi) is 4.60. The van der Waals surface area contributed by atoms with Crippen molar-refractivity contribution < 1.29 is 0 Å². The molecule has 0 aliphatic rings. The van der Waals surface area contributed by atoms with Gasteiger partial charge in [0.2, 0.25) is 0 Å². The van der Waals surface area contributed by atoms with Crippen molar-refractivity contribution in [2.75, 3.05) is 0 Å². The lowest BCUT2D eigenvalue weighted by molar-refractivity contribution is 0.468. The molecule has 0 N–H and O–H groups in total. The van der Waals surface area contributed by atoms with E-state index in [1.165, 1.54) is 0 Å². The van der Waals surface area contributed by atoms with E-state index in [0.717, 1.165) is 39.8 Å². The van der Waals surface area contributed by atoms with E-state index in [9.17, 15) is 0 Å². The molecule has 0 fully saturated rings. The summed E-state index contributed by atoms with van der Waals surface area (Å²) in [4.78, 5) is 8.95. The normalized spacial score (nSPS) is 11.6. The van der Waals surface area contributed by atoms with E-state index in [4.69, 9.17) is 5.10 Å². The summed E-state index contributed by atoms with van der Waals surface area (Å²) in [7, 11) is 0. The predicted molar refractivity (Wildman–Crippen MR) is 119 cm³/mol. The Morgan fingerprint density at radius 1 is 0.733 bits per heavy atom. The van der Waals surface area contributed by atoms with Gasteiger partial charge in [0, 0.05) is 6.20 Å². The molecule has 0 saturated heterocycles. The van der Waals surface area contributed by atoms with E-state index in [1.807, 2.05) is 24.4 Å². The van der Waals surface area contributed by atoms with Gasteiger partial charge < -0.3 is 0 Å². The number of hydrogen-bond acceptors (Lipinski definition) is 3. The number of fused-ring (bicyclic) bond motifs is 1. The molecule has 146 valence electrons. The zero-order valence-corrected chi connectivity index (χ0v) is 16.8. The first-order valence-electron chi connectivity index (χ1n) is 10.2. The van der Waals surface area contributed by atoms with Crippen molar-refractivity contribution in [2.45, 2.75) is 18.9 Å². The summed E-state index contributed by atoms with van der Waals surface area (Å²) in [6.07, 6.45) is 4.29. The highest BCUT2D eigenvalue weighted by Gasteiger charge is 2.41. The Hall–Kier alpha value is -3.79. The number of nitrogens with zero attached hydrogens (tertiary/aromatic N) is 4.